The van der Waals surface area contributed by atoms with Gasteiger partial charge in [-0.15, -0.1) is 0 Å². The fourth-order valence-corrected chi connectivity index (χ4v) is 4.00. The van der Waals surface area contributed by atoms with Crippen LogP contribution in [0.15, 0.2) is 23.1 Å². The fraction of sp³-hybridized carbons (Fsp3) is 0.625. The van der Waals surface area contributed by atoms with Crippen LogP contribution in [0.2, 0.25) is 0 Å². The molecule has 2 N–H and O–H groups in total. The molecular formula is C16H26N2O2S. The first-order chi connectivity index (χ1) is 9.88. The Morgan fingerprint density at radius 1 is 1.24 bits per heavy atom. The molecule has 0 aliphatic carbocycles. The van der Waals surface area contributed by atoms with Gasteiger partial charge < -0.3 is 5.32 Å². The van der Waals surface area contributed by atoms with E-state index in [1.165, 1.54) is 0 Å². The summed E-state index contributed by atoms with van der Waals surface area (Å²) < 4.78 is 27.6. The van der Waals surface area contributed by atoms with Crippen LogP contribution in [0.3, 0.4) is 0 Å². The Hall–Kier alpha value is -1.07. The maximum Gasteiger partial charge on any atom is 0.240 e. The molecule has 1 aromatic carbocycles. The summed E-state index contributed by atoms with van der Waals surface area (Å²) in [7, 11) is -3.41. The fourth-order valence-electron chi connectivity index (χ4n) is 2.67. The summed E-state index contributed by atoms with van der Waals surface area (Å²) in [5.41, 5.74) is 2.14. The van der Waals surface area contributed by atoms with E-state index in [1.807, 2.05) is 13.0 Å². The third-order valence-corrected chi connectivity index (χ3v) is 5.46. The van der Waals surface area contributed by atoms with Crippen molar-refractivity contribution < 1.29 is 8.42 Å². The van der Waals surface area contributed by atoms with Gasteiger partial charge in [0, 0.05) is 18.3 Å². The SMILES string of the molecule is CC(C)CCCC(C)NS(=O)(=O)c1ccc2c(c1)CCN2. The molecule has 2 rings (SSSR count). The van der Waals surface area contributed by atoms with Gasteiger partial charge in [0.1, 0.15) is 0 Å². The number of hydrogen-bond donors (Lipinski definition) is 2. The number of rotatable bonds is 7. The van der Waals surface area contributed by atoms with Crippen LogP contribution in [0.5, 0.6) is 0 Å². The largest absolute Gasteiger partial charge is 0.384 e. The monoisotopic (exact) mass is 310 g/mol. The van der Waals surface area contributed by atoms with Crippen molar-refractivity contribution in [1.82, 2.24) is 4.72 Å². The van der Waals surface area contributed by atoms with Crippen molar-refractivity contribution in [1.29, 1.82) is 0 Å². The topological polar surface area (TPSA) is 58.2 Å². The highest BCUT2D eigenvalue weighted by Crippen LogP contribution is 2.25. The number of sulfonamides is 1. The van der Waals surface area contributed by atoms with E-state index in [2.05, 4.69) is 23.9 Å². The predicted octanol–water partition coefficient (Wildman–Crippen LogP) is 3.15. The minimum Gasteiger partial charge on any atom is -0.384 e. The van der Waals surface area contributed by atoms with E-state index < -0.39 is 10.0 Å². The van der Waals surface area contributed by atoms with Crippen molar-refractivity contribution in [3.8, 4) is 0 Å². The van der Waals surface area contributed by atoms with Gasteiger partial charge in [-0.1, -0.05) is 26.7 Å². The highest BCUT2D eigenvalue weighted by molar-refractivity contribution is 7.89. The van der Waals surface area contributed by atoms with Crippen molar-refractivity contribution in [2.75, 3.05) is 11.9 Å². The van der Waals surface area contributed by atoms with E-state index in [4.69, 9.17) is 0 Å². The molecular weight excluding hydrogens is 284 g/mol. The summed E-state index contributed by atoms with van der Waals surface area (Å²) in [6.45, 7) is 7.20. The second kappa shape index (κ2) is 6.79. The van der Waals surface area contributed by atoms with Gasteiger partial charge in [0.2, 0.25) is 10.0 Å². The van der Waals surface area contributed by atoms with Crippen molar-refractivity contribution >= 4 is 15.7 Å². The summed E-state index contributed by atoms with van der Waals surface area (Å²) in [6.07, 6.45) is 3.96. The Labute approximate surface area is 128 Å². The highest BCUT2D eigenvalue weighted by atomic mass is 32.2. The summed E-state index contributed by atoms with van der Waals surface area (Å²) in [6, 6.07) is 5.30. The third kappa shape index (κ3) is 4.45. The molecule has 0 fully saturated rings. The van der Waals surface area contributed by atoms with Gasteiger partial charge in [0.15, 0.2) is 0 Å². The van der Waals surface area contributed by atoms with Gasteiger partial charge in [-0.3, -0.25) is 0 Å². The van der Waals surface area contributed by atoms with Crippen LogP contribution in [-0.2, 0) is 16.4 Å². The molecule has 0 bridgehead atoms. The molecule has 4 nitrogen and oxygen atoms in total. The number of nitrogens with one attached hydrogen (secondary N) is 2. The Kier molecular flexibility index (Phi) is 5.27. The molecule has 0 radical (unpaired) electrons. The number of anilines is 1. The van der Waals surface area contributed by atoms with Crippen LogP contribution in [0.25, 0.3) is 0 Å². The Bertz CT molecular complexity index is 582. The average Bonchev–Trinajstić information content (AvgIpc) is 2.84. The van der Waals surface area contributed by atoms with Gasteiger partial charge in [-0.25, -0.2) is 13.1 Å². The molecule has 1 aliphatic heterocycles. The molecule has 0 saturated carbocycles. The Morgan fingerprint density at radius 2 is 2.00 bits per heavy atom. The van der Waals surface area contributed by atoms with Gasteiger partial charge in [-0.2, -0.15) is 0 Å². The second-order valence-electron chi connectivity index (χ2n) is 6.34. The van der Waals surface area contributed by atoms with Crippen molar-refractivity contribution in [3.05, 3.63) is 23.8 Å². The summed E-state index contributed by atoms with van der Waals surface area (Å²) in [5, 5.41) is 3.24. The van der Waals surface area contributed by atoms with Crippen molar-refractivity contribution in [3.63, 3.8) is 0 Å². The van der Waals surface area contributed by atoms with E-state index in [0.29, 0.717) is 10.8 Å². The lowest BCUT2D eigenvalue weighted by Gasteiger charge is -2.15. The number of hydrogen-bond acceptors (Lipinski definition) is 3. The Balaban J connectivity index is 1.98. The minimum atomic E-state index is -3.41. The zero-order chi connectivity index (χ0) is 15.5. The zero-order valence-electron chi connectivity index (χ0n) is 13.1. The molecule has 0 spiro atoms. The lowest BCUT2D eigenvalue weighted by molar-refractivity contribution is 0.488. The van der Waals surface area contributed by atoms with E-state index in [1.54, 1.807) is 12.1 Å². The summed E-state index contributed by atoms with van der Waals surface area (Å²) in [4.78, 5) is 0.376. The van der Waals surface area contributed by atoms with E-state index in [9.17, 15) is 8.42 Å². The molecule has 118 valence electrons. The summed E-state index contributed by atoms with van der Waals surface area (Å²) >= 11 is 0. The summed E-state index contributed by atoms with van der Waals surface area (Å²) in [5.74, 6) is 0.665. The molecule has 1 unspecified atom stereocenters. The maximum atomic E-state index is 12.4. The number of fused-ring (bicyclic) bond motifs is 1. The van der Waals surface area contributed by atoms with Crippen LogP contribution in [0.1, 0.15) is 45.6 Å². The zero-order valence-corrected chi connectivity index (χ0v) is 14.0. The van der Waals surface area contributed by atoms with Gasteiger partial charge in [-0.05, 0) is 49.4 Å². The standard InChI is InChI=1S/C16H26N2O2S/c1-12(2)5-4-6-13(3)18-21(19,20)15-7-8-16-14(11-15)9-10-17-16/h7-8,11-13,17-18H,4-6,9-10H2,1-3H3. The predicted molar refractivity (Wildman–Crippen MR) is 87.1 cm³/mol. The molecule has 1 aliphatic rings. The van der Waals surface area contributed by atoms with E-state index >= 15 is 0 Å². The van der Waals surface area contributed by atoms with Crippen LogP contribution in [-0.4, -0.2) is 21.0 Å². The lowest BCUT2D eigenvalue weighted by atomic mass is 10.0. The van der Waals surface area contributed by atoms with E-state index in [-0.39, 0.29) is 6.04 Å². The van der Waals surface area contributed by atoms with Gasteiger partial charge in [0.25, 0.3) is 0 Å². The van der Waals surface area contributed by atoms with Gasteiger partial charge >= 0.3 is 0 Å². The van der Waals surface area contributed by atoms with Crippen LogP contribution in [0.4, 0.5) is 5.69 Å². The van der Waals surface area contributed by atoms with Gasteiger partial charge in [0.05, 0.1) is 4.90 Å². The first-order valence-corrected chi connectivity index (χ1v) is 9.26. The normalized spacial score (nSPS) is 15.8. The molecule has 1 aromatic rings. The molecule has 1 atom stereocenters. The first kappa shape index (κ1) is 16.3. The second-order valence-corrected chi connectivity index (χ2v) is 8.06. The third-order valence-electron chi connectivity index (χ3n) is 3.87. The van der Waals surface area contributed by atoms with Crippen molar-refractivity contribution in [2.45, 2.75) is 57.4 Å². The molecule has 1 heterocycles. The number of benzene rings is 1. The van der Waals surface area contributed by atoms with Crippen LogP contribution >= 0.6 is 0 Å². The smallest absolute Gasteiger partial charge is 0.240 e. The lowest BCUT2D eigenvalue weighted by Crippen LogP contribution is -2.32. The molecule has 0 saturated heterocycles. The van der Waals surface area contributed by atoms with Crippen LogP contribution < -0.4 is 10.0 Å². The highest BCUT2D eigenvalue weighted by Gasteiger charge is 2.20. The quantitative estimate of drug-likeness (QED) is 0.813. The molecule has 21 heavy (non-hydrogen) atoms. The van der Waals surface area contributed by atoms with Crippen molar-refractivity contribution in [2.24, 2.45) is 5.92 Å². The molecule has 0 aromatic heterocycles. The van der Waals surface area contributed by atoms with E-state index in [0.717, 1.165) is 43.5 Å². The Morgan fingerprint density at radius 3 is 2.71 bits per heavy atom. The van der Waals surface area contributed by atoms with Crippen LogP contribution in [0, 0.1) is 5.92 Å². The average molecular weight is 310 g/mol. The maximum absolute atomic E-state index is 12.4. The molecule has 5 heteroatoms. The molecule has 0 amide bonds. The minimum absolute atomic E-state index is 0.0277. The first-order valence-electron chi connectivity index (χ1n) is 7.77.